The molecule has 1 saturated carbocycles. The van der Waals surface area contributed by atoms with Gasteiger partial charge in [0.2, 0.25) is 0 Å². The summed E-state index contributed by atoms with van der Waals surface area (Å²) in [5.74, 6) is 0. The predicted octanol–water partition coefficient (Wildman–Crippen LogP) is -8.86. The standard InChI is InChI=1S/C23H45N5O14/c24-2-7-13(32)15(34)10(27)21(37-7)41-19-9(4-30)39-23(17(19)36)42-20-12(31)5(25)1-6(26)18(20)40-22-11(28)16(35)14(33)8(3-29)38-22/h5-23,29-36H,1-4,24-28H2/t5-,6?,7+,8?,9-,10?,11?,12-,13-,14-,15?,16?,17?,18-,19+,20?,21-,22-,23?/m1/s1. The molecule has 1 aliphatic carbocycles. The van der Waals surface area contributed by atoms with Gasteiger partial charge < -0.3 is 97.9 Å². The van der Waals surface area contributed by atoms with E-state index < -0.39 is 129 Å². The average molecular weight is 616 g/mol. The summed E-state index contributed by atoms with van der Waals surface area (Å²) in [5, 5.41) is 82.3. The van der Waals surface area contributed by atoms with Gasteiger partial charge in [0.25, 0.3) is 0 Å². The second-order valence-electron chi connectivity index (χ2n) is 11.2. The number of aliphatic hydroxyl groups is 8. The molecular weight excluding hydrogens is 570 g/mol. The molecule has 19 nitrogen and oxygen atoms in total. The van der Waals surface area contributed by atoms with Gasteiger partial charge in [-0.2, -0.15) is 0 Å². The van der Waals surface area contributed by atoms with Crippen LogP contribution >= 0.6 is 0 Å². The first-order valence-electron chi connectivity index (χ1n) is 13.8. The maximum absolute atomic E-state index is 11.1. The van der Waals surface area contributed by atoms with Gasteiger partial charge in [-0.15, -0.1) is 0 Å². The van der Waals surface area contributed by atoms with E-state index in [4.69, 9.17) is 57.1 Å². The third-order valence-electron chi connectivity index (χ3n) is 8.32. The van der Waals surface area contributed by atoms with E-state index >= 15 is 0 Å². The van der Waals surface area contributed by atoms with Crippen molar-refractivity contribution in [1.82, 2.24) is 0 Å². The molecule has 9 unspecified atom stereocenters. The van der Waals surface area contributed by atoms with E-state index in [2.05, 4.69) is 0 Å². The quantitative estimate of drug-likeness (QED) is 0.114. The predicted molar refractivity (Wildman–Crippen MR) is 136 cm³/mol. The highest BCUT2D eigenvalue weighted by Gasteiger charge is 2.54. The molecule has 3 aliphatic heterocycles. The summed E-state index contributed by atoms with van der Waals surface area (Å²) in [6, 6.07) is -4.30. The van der Waals surface area contributed by atoms with Crippen molar-refractivity contribution in [3.05, 3.63) is 0 Å². The van der Waals surface area contributed by atoms with Crippen LogP contribution in [0.25, 0.3) is 0 Å². The Morgan fingerprint density at radius 3 is 1.55 bits per heavy atom. The zero-order valence-electron chi connectivity index (χ0n) is 22.7. The van der Waals surface area contributed by atoms with E-state index in [0.29, 0.717) is 0 Å². The van der Waals surface area contributed by atoms with Crippen molar-refractivity contribution in [1.29, 1.82) is 0 Å². The molecule has 0 spiro atoms. The van der Waals surface area contributed by atoms with E-state index in [-0.39, 0.29) is 13.0 Å². The highest BCUT2D eigenvalue weighted by Crippen LogP contribution is 2.34. The molecule has 4 fully saturated rings. The van der Waals surface area contributed by atoms with Crippen LogP contribution in [-0.4, -0.2) is 177 Å². The molecule has 4 rings (SSSR count). The Balaban J connectivity index is 1.50. The first-order chi connectivity index (χ1) is 19.8. The second kappa shape index (κ2) is 14.1. The molecule has 0 aromatic rings. The van der Waals surface area contributed by atoms with Crippen molar-refractivity contribution < 1.29 is 69.3 Å². The Hall–Kier alpha value is -0.760. The average Bonchev–Trinajstić information content (AvgIpc) is 3.27. The smallest absolute Gasteiger partial charge is 0.187 e. The lowest BCUT2D eigenvalue weighted by atomic mass is 9.84. The van der Waals surface area contributed by atoms with E-state index in [1.54, 1.807) is 0 Å². The van der Waals surface area contributed by atoms with Crippen LogP contribution in [0, 0.1) is 0 Å². The molecular formula is C23H45N5O14. The van der Waals surface area contributed by atoms with Gasteiger partial charge in [0.05, 0.1) is 31.4 Å². The van der Waals surface area contributed by atoms with E-state index in [9.17, 15) is 40.9 Å². The Morgan fingerprint density at radius 2 is 1.00 bits per heavy atom. The Kier molecular flexibility index (Phi) is 11.5. The van der Waals surface area contributed by atoms with Gasteiger partial charge in [-0.05, 0) is 6.42 Å². The molecule has 246 valence electrons. The molecule has 0 aromatic carbocycles. The van der Waals surface area contributed by atoms with Gasteiger partial charge in [0, 0.05) is 18.6 Å². The number of rotatable bonds is 9. The molecule has 0 aromatic heterocycles. The summed E-state index contributed by atoms with van der Waals surface area (Å²) in [6.07, 6.45) is -20.5. The van der Waals surface area contributed by atoms with Crippen LogP contribution in [0.4, 0.5) is 0 Å². The third-order valence-corrected chi connectivity index (χ3v) is 8.32. The molecule has 3 saturated heterocycles. The molecule has 0 bridgehead atoms. The summed E-state index contributed by atoms with van der Waals surface area (Å²) in [5.41, 5.74) is 29.9. The van der Waals surface area contributed by atoms with Crippen molar-refractivity contribution in [2.24, 2.45) is 28.7 Å². The number of nitrogens with two attached hydrogens (primary N) is 5. The minimum absolute atomic E-state index is 0.0642. The van der Waals surface area contributed by atoms with Crippen molar-refractivity contribution >= 4 is 0 Å². The van der Waals surface area contributed by atoms with Crippen LogP contribution in [0.1, 0.15) is 6.42 Å². The van der Waals surface area contributed by atoms with Crippen molar-refractivity contribution in [2.75, 3.05) is 19.8 Å². The van der Waals surface area contributed by atoms with E-state index in [1.165, 1.54) is 0 Å². The Labute approximate surface area is 240 Å². The molecule has 19 atom stereocenters. The molecule has 4 aliphatic rings. The number of aliphatic hydroxyl groups excluding tert-OH is 8. The van der Waals surface area contributed by atoms with Crippen LogP contribution in [0.15, 0.2) is 0 Å². The topological polar surface area (TPSA) is 347 Å². The van der Waals surface area contributed by atoms with Crippen molar-refractivity contribution in [2.45, 2.75) is 123 Å². The fraction of sp³-hybridized carbons (Fsp3) is 1.00. The number of hydrogen-bond acceptors (Lipinski definition) is 19. The summed E-state index contributed by atoms with van der Waals surface area (Å²) >= 11 is 0. The van der Waals surface area contributed by atoms with Gasteiger partial charge >= 0.3 is 0 Å². The lowest BCUT2D eigenvalue weighted by molar-refractivity contribution is -0.310. The van der Waals surface area contributed by atoms with E-state index in [0.717, 1.165) is 0 Å². The van der Waals surface area contributed by atoms with Crippen LogP contribution in [0.5, 0.6) is 0 Å². The number of ether oxygens (including phenoxy) is 6. The molecule has 0 amide bonds. The maximum atomic E-state index is 11.1. The zero-order chi connectivity index (χ0) is 31.0. The molecule has 42 heavy (non-hydrogen) atoms. The largest absolute Gasteiger partial charge is 0.394 e. The summed E-state index contributed by atoms with van der Waals surface area (Å²) in [6.45, 7) is -1.49. The first kappa shape index (κ1) is 34.1. The Bertz CT molecular complexity index is 866. The highest BCUT2D eigenvalue weighted by molar-refractivity contribution is 5.02. The fourth-order valence-electron chi connectivity index (χ4n) is 5.70. The first-order valence-corrected chi connectivity index (χ1v) is 13.8. The minimum atomic E-state index is -1.62. The summed E-state index contributed by atoms with van der Waals surface area (Å²) in [7, 11) is 0. The van der Waals surface area contributed by atoms with E-state index in [1.807, 2.05) is 0 Å². The van der Waals surface area contributed by atoms with Crippen molar-refractivity contribution in [3.63, 3.8) is 0 Å². The van der Waals surface area contributed by atoms with Crippen LogP contribution in [-0.2, 0) is 28.4 Å². The number of hydrogen-bond donors (Lipinski definition) is 13. The van der Waals surface area contributed by atoms with Crippen LogP contribution in [0.3, 0.4) is 0 Å². The second-order valence-corrected chi connectivity index (χ2v) is 11.2. The highest BCUT2D eigenvalue weighted by atomic mass is 16.8. The summed E-state index contributed by atoms with van der Waals surface area (Å²) in [4.78, 5) is 0. The SMILES string of the molecule is NC[C@@H]1O[C@H](O[C@@H]2C(O)C(OC3[C@H](O[C@H]4OC(CO)[C@@H](O)C(O)C4N)C(N)C[C@@H](N)[C@H]3O)O[C@@H]2CO)C(N)C(O)[C@@H]1O. The molecule has 0 radical (unpaired) electrons. The summed E-state index contributed by atoms with van der Waals surface area (Å²) < 4.78 is 34.4. The lowest BCUT2D eigenvalue weighted by Crippen LogP contribution is -2.68. The van der Waals surface area contributed by atoms with Gasteiger partial charge in [0.15, 0.2) is 18.9 Å². The molecule has 19 heteroatoms. The van der Waals surface area contributed by atoms with Gasteiger partial charge in [-0.1, -0.05) is 0 Å². The third kappa shape index (κ3) is 6.60. The monoisotopic (exact) mass is 615 g/mol. The normalized spacial score (nSPS) is 53.8. The fourth-order valence-corrected chi connectivity index (χ4v) is 5.70. The van der Waals surface area contributed by atoms with Gasteiger partial charge in [0.1, 0.15) is 67.1 Å². The minimum Gasteiger partial charge on any atom is -0.394 e. The zero-order valence-corrected chi connectivity index (χ0v) is 22.7. The van der Waals surface area contributed by atoms with Crippen LogP contribution < -0.4 is 28.7 Å². The molecule has 18 N–H and O–H groups in total. The van der Waals surface area contributed by atoms with Crippen molar-refractivity contribution in [3.8, 4) is 0 Å². The van der Waals surface area contributed by atoms with Gasteiger partial charge in [-0.3, -0.25) is 0 Å². The van der Waals surface area contributed by atoms with Gasteiger partial charge in [-0.25, -0.2) is 0 Å². The maximum Gasteiger partial charge on any atom is 0.187 e. The lowest BCUT2D eigenvalue weighted by Gasteiger charge is -2.47. The van der Waals surface area contributed by atoms with Crippen LogP contribution in [0.2, 0.25) is 0 Å². The molecule has 3 heterocycles. The Morgan fingerprint density at radius 1 is 0.524 bits per heavy atom.